The first kappa shape index (κ1) is 11.2. The van der Waals surface area contributed by atoms with Gasteiger partial charge in [-0.1, -0.05) is 6.08 Å². The third-order valence-corrected chi connectivity index (χ3v) is 3.14. The van der Waals surface area contributed by atoms with Gasteiger partial charge in [-0.2, -0.15) is 0 Å². The first-order valence-corrected chi connectivity index (χ1v) is 5.17. The van der Waals surface area contributed by atoms with Crippen LogP contribution in [0.5, 0.6) is 0 Å². The molecule has 80 valence electrons. The zero-order valence-corrected chi connectivity index (χ0v) is 8.94. The molecule has 0 spiro atoms. The molecule has 3 heteroatoms. The van der Waals surface area contributed by atoms with E-state index in [1.54, 1.807) is 0 Å². The summed E-state index contributed by atoms with van der Waals surface area (Å²) < 4.78 is 0. The summed E-state index contributed by atoms with van der Waals surface area (Å²) in [6.07, 6.45) is 3.65. The van der Waals surface area contributed by atoms with Crippen LogP contribution in [0, 0.1) is 5.92 Å². The molecular formula is C11H19NO2. The average Bonchev–Trinajstić information content (AvgIpc) is 2.17. The fraction of sp³-hybridized carbons (Fsp3) is 0.727. The lowest BCUT2D eigenvalue weighted by molar-refractivity contribution is -0.144. The zero-order valence-electron chi connectivity index (χ0n) is 8.94. The summed E-state index contributed by atoms with van der Waals surface area (Å²) in [6, 6.07) is 0.741. The van der Waals surface area contributed by atoms with Gasteiger partial charge in [-0.05, 0) is 26.7 Å². The predicted molar refractivity (Wildman–Crippen MR) is 56.2 cm³/mol. The number of piperidine rings is 1. The lowest BCUT2D eigenvalue weighted by atomic mass is 9.92. The van der Waals surface area contributed by atoms with Crippen molar-refractivity contribution in [2.45, 2.75) is 38.8 Å². The Morgan fingerprint density at radius 2 is 2.29 bits per heavy atom. The molecule has 1 aliphatic heterocycles. The van der Waals surface area contributed by atoms with Crippen LogP contribution in [0.3, 0.4) is 0 Å². The lowest BCUT2D eigenvalue weighted by Crippen LogP contribution is -2.47. The molecule has 1 saturated heterocycles. The number of aliphatic carboxylic acids is 1. The van der Waals surface area contributed by atoms with Gasteiger partial charge in [-0.25, -0.2) is 0 Å². The Balaban J connectivity index is 2.63. The number of carbonyl (C=O) groups is 1. The third kappa shape index (κ3) is 2.35. The summed E-state index contributed by atoms with van der Waals surface area (Å²) in [7, 11) is 0. The molecule has 1 N–H and O–H groups in total. The van der Waals surface area contributed by atoms with Crippen molar-refractivity contribution in [2.24, 2.45) is 5.92 Å². The molecule has 3 unspecified atom stereocenters. The average molecular weight is 197 g/mol. The maximum atomic E-state index is 10.9. The molecule has 0 amide bonds. The Hall–Kier alpha value is -0.830. The van der Waals surface area contributed by atoms with E-state index >= 15 is 0 Å². The molecular weight excluding hydrogens is 178 g/mol. The van der Waals surface area contributed by atoms with Crippen molar-refractivity contribution in [2.75, 3.05) is 6.54 Å². The summed E-state index contributed by atoms with van der Waals surface area (Å²) in [5.41, 5.74) is 0. The normalized spacial score (nSPS) is 31.0. The molecule has 0 aliphatic carbocycles. The number of likely N-dealkylation sites (tertiary alicyclic amines) is 1. The molecule has 0 radical (unpaired) electrons. The van der Waals surface area contributed by atoms with Crippen LogP contribution in [0.2, 0.25) is 0 Å². The predicted octanol–water partition coefficient (Wildman–Crippen LogP) is 1.75. The highest BCUT2D eigenvalue weighted by atomic mass is 16.4. The zero-order chi connectivity index (χ0) is 10.7. The number of carboxylic acids is 1. The van der Waals surface area contributed by atoms with Crippen LogP contribution in [0.1, 0.15) is 26.7 Å². The van der Waals surface area contributed by atoms with E-state index in [1.807, 2.05) is 6.08 Å². The molecule has 3 nitrogen and oxygen atoms in total. The molecule has 14 heavy (non-hydrogen) atoms. The highest BCUT2D eigenvalue weighted by molar-refractivity contribution is 5.70. The highest BCUT2D eigenvalue weighted by Crippen LogP contribution is 2.24. The smallest absolute Gasteiger partial charge is 0.307 e. The molecule has 1 aliphatic rings. The Bertz CT molecular complexity index is 227. The fourth-order valence-corrected chi connectivity index (χ4v) is 2.04. The quantitative estimate of drug-likeness (QED) is 0.701. The van der Waals surface area contributed by atoms with Gasteiger partial charge in [0, 0.05) is 18.6 Å². The fourth-order valence-electron chi connectivity index (χ4n) is 2.04. The summed E-state index contributed by atoms with van der Waals surface area (Å²) in [5, 5.41) is 8.94. The van der Waals surface area contributed by atoms with E-state index in [-0.39, 0.29) is 12.0 Å². The molecule has 0 aromatic heterocycles. The second kappa shape index (κ2) is 4.60. The van der Waals surface area contributed by atoms with Crippen molar-refractivity contribution >= 4 is 5.97 Å². The lowest BCUT2D eigenvalue weighted by Gasteiger charge is -2.39. The van der Waals surface area contributed by atoms with Crippen molar-refractivity contribution in [3.63, 3.8) is 0 Å². The van der Waals surface area contributed by atoms with E-state index in [2.05, 4.69) is 25.3 Å². The Morgan fingerprint density at radius 1 is 1.64 bits per heavy atom. The van der Waals surface area contributed by atoms with Gasteiger partial charge in [-0.3, -0.25) is 9.69 Å². The van der Waals surface area contributed by atoms with E-state index in [0.29, 0.717) is 12.6 Å². The molecule has 0 aromatic carbocycles. The minimum Gasteiger partial charge on any atom is -0.481 e. The molecule has 0 aromatic rings. The van der Waals surface area contributed by atoms with Crippen molar-refractivity contribution < 1.29 is 9.90 Å². The van der Waals surface area contributed by atoms with Crippen molar-refractivity contribution in [1.29, 1.82) is 0 Å². The van der Waals surface area contributed by atoms with Gasteiger partial charge in [0.2, 0.25) is 0 Å². The molecule has 1 rings (SSSR count). The highest BCUT2D eigenvalue weighted by Gasteiger charge is 2.31. The molecule has 1 heterocycles. The summed E-state index contributed by atoms with van der Waals surface area (Å²) in [6.45, 7) is 8.62. The summed E-state index contributed by atoms with van der Waals surface area (Å²) in [5.74, 6) is -0.869. The van der Waals surface area contributed by atoms with E-state index in [0.717, 1.165) is 12.8 Å². The number of rotatable bonds is 3. The van der Waals surface area contributed by atoms with Gasteiger partial charge >= 0.3 is 5.97 Å². The monoisotopic (exact) mass is 197 g/mol. The molecule has 0 bridgehead atoms. The van der Waals surface area contributed by atoms with Crippen LogP contribution in [-0.4, -0.2) is 34.6 Å². The SMILES string of the molecule is C=CC(C)N1CC(C(=O)O)CCC1C. The van der Waals surface area contributed by atoms with Gasteiger partial charge in [0.25, 0.3) is 0 Å². The van der Waals surface area contributed by atoms with Crippen molar-refractivity contribution in [1.82, 2.24) is 4.90 Å². The first-order valence-electron chi connectivity index (χ1n) is 5.17. The maximum Gasteiger partial charge on any atom is 0.307 e. The van der Waals surface area contributed by atoms with Crippen LogP contribution < -0.4 is 0 Å². The van der Waals surface area contributed by atoms with E-state index in [1.165, 1.54) is 0 Å². The van der Waals surface area contributed by atoms with Crippen molar-refractivity contribution in [3.8, 4) is 0 Å². The van der Waals surface area contributed by atoms with Crippen molar-refractivity contribution in [3.05, 3.63) is 12.7 Å². The molecule has 0 saturated carbocycles. The maximum absolute atomic E-state index is 10.9. The van der Waals surface area contributed by atoms with Gasteiger partial charge < -0.3 is 5.11 Å². The van der Waals surface area contributed by atoms with Crippen LogP contribution in [0.25, 0.3) is 0 Å². The van der Waals surface area contributed by atoms with Crippen LogP contribution in [0.4, 0.5) is 0 Å². The van der Waals surface area contributed by atoms with Gasteiger partial charge in [0.1, 0.15) is 0 Å². The topological polar surface area (TPSA) is 40.5 Å². The summed E-state index contributed by atoms with van der Waals surface area (Å²) >= 11 is 0. The van der Waals surface area contributed by atoms with Gasteiger partial charge in [-0.15, -0.1) is 6.58 Å². The number of hydrogen-bond acceptors (Lipinski definition) is 2. The number of nitrogens with zero attached hydrogens (tertiary/aromatic N) is 1. The molecule has 3 atom stereocenters. The number of hydrogen-bond donors (Lipinski definition) is 1. The van der Waals surface area contributed by atoms with Crippen LogP contribution in [-0.2, 0) is 4.79 Å². The Kier molecular flexibility index (Phi) is 3.69. The first-order chi connectivity index (χ1) is 6.56. The Labute approximate surface area is 85.4 Å². The van der Waals surface area contributed by atoms with E-state index < -0.39 is 5.97 Å². The standard InChI is InChI=1S/C11H19NO2/c1-4-8(2)12-7-10(11(13)14)6-5-9(12)3/h4,8-10H,1,5-7H2,2-3H3,(H,13,14). The molecule has 1 fully saturated rings. The largest absolute Gasteiger partial charge is 0.481 e. The second-order valence-corrected chi connectivity index (χ2v) is 4.13. The summed E-state index contributed by atoms with van der Waals surface area (Å²) in [4.78, 5) is 13.1. The van der Waals surface area contributed by atoms with Gasteiger partial charge in [0.15, 0.2) is 0 Å². The third-order valence-electron chi connectivity index (χ3n) is 3.14. The van der Waals surface area contributed by atoms with Crippen LogP contribution in [0.15, 0.2) is 12.7 Å². The number of carboxylic acid groups (broad SMARTS) is 1. The Morgan fingerprint density at radius 3 is 2.79 bits per heavy atom. The van der Waals surface area contributed by atoms with Gasteiger partial charge in [0.05, 0.1) is 5.92 Å². The van der Waals surface area contributed by atoms with Crippen LogP contribution >= 0.6 is 0 Å². The minimum absolute atomic E-state index is 0.200. The second-order valence-electron chi connectivity index (χ2n) is 4.13. The van der Waals surface area contributed by atoms with E-state index in [9.17, 15) is 4.79 Å². The van der Waals surface area contributed by atoms with E-state index in [4.69, 9.17) is 5.11 Å². The minimum atomic E-state index is -0.668.